The zero-order valence-electron chi connectivity index (χ0n) is 13.0. The standard InChI is InChI=1S/C18H24O3/c1-3-14-8-10-15(11-9-14)13-18(17(20)21-4-2)12-6-5-7-16(18)19/h8-11H,3-7,12-13H2,1-2H3. The Labute approximate surface area is 126 Å². The Hall–Kier alpha value is -1.64. The molecule has 1 aromatic rings. The number of rotatable bonds is 5. The van der Waals surface area contributed by atoms with E-state index in [9.17, 15) is 9.59 Å². The predicted molar refractivity (Wildman–Crippen MR) is 82.1 cm³/mol. The third-order valence-electron chi connectivity index (χ3n) is 4.39. The van der Waals surface area contributed by atoms with Crippen molar-refractivity contribution in [3.63, 3.8) is 0 Å². The van der Waals surface area contributed by atoms with Gasteiger partial charge in [0.2, 0.25) is 0 Å². The van der Waals surface area contributed by atoms with Crippen LogP contribution in [0.1, 0.15) is 50.7 Å². The summed E-state index contributed by atoms with van der Waals surface area (Å²) in [5.41, 5.74) is 1.34. The van der Waals surface area contributed by atoms with Crippen molar-refractivity contribution in [3.8, 4) is 0 Å². The van der Waals surface area contributed by atoms with E-state index in [1.807, 2.05) is 12.1 Å². The Morgan fingerprint density at radius 3 is 2.38 bits per heavy atom. The molecule has 1 fully saturated rings. The van der Waals surface area contributed by atoms with Crippen LogP contribution in [0.15, 0.2) is 24.3 Å². The molecule has 0 bridgehead atoms. The number of ether oxygens (including phenoxy) is 1. The molecule has 0 spiro atoms. The first-order valence-corrected chi connectivity index (χ1v) is 7.90. The number of carbonyl (C=O) groups excluding carboxylic acids is 2. The lowest BCUT2D eigenvalue weighted by atomic mass is 9.69. The van der Waals surface area contributed by atoms with Gasteiger partial charge in [-0.25, -0.2) is 0 Å². The quantitative estimate of drug-likeness (QED) is 0.615. The van der Waals surface area contributed by atoms with Crippen LogP contribution < -0.4 is 0 Å². The summed E-state index contributed by atoms with van der Waals surface area (Å²) >= 11 is 0. The Morgan fingerprint density at radius 1 is 1.14 bits per heavy atom. The minimum Gasteiger partial charge on any atom is -0.465 e. The van der Waals surface area contributed by atoms with Crippen molar-refractivity contribution in [3.05, 3.63) is 35.4 Å². The van der Waals surface area contributed by atoms with Gasteiger partial charge < -0.3 is 4.74 Å². The highest BCUT2D eigenvalue weighted by molar-refractivity contribution is 6.04. The number of benzene rings is 1. The van der Waals surface area contributed by atoms with Gasteiger partial charge in [-0.05, 0) is 43.7 Å². The summed E-state index contributed by atoms with van der Waals surface area (Å²) in [6.45, 7) is 4.22. The number of carbonyl (C=O) groups is 2. The van der Waals surface area contributed by atoms with Gasteiger partial charge in [-0.3, -0.25) is 9.59 Å². The highest BCUT2D eigenvalue weighted by Crippen LogP contribution is 2.38. The lowest BCUT2D eigenvalue weighted by molar-refractivity contribution is -0.162. The van der Waals surface area contributed by atoms with Crippen LogP contribution in [0.5, 0.6) is 0 Å². The topological polar surface area (TPSA) is 43.4 Å². The zero-order valence-corrected chi connectivity index (χ0v) is 13.0. The molecule has 2 rings (SSSR count). The number of esters is 1. The van der Waals surface area contributed by atoms with Crippen LogP contribution in [-0.4, -0.2) is 18.4 Å². The molecule has 1 atom stereocenters. The van der Waals surface area contributed by atoms with Crippen LogP contribution in [0, 0.1) is 5.41 Å². The number of hydrogen-bond acceptors (Lipinski definition) is 3. The second-order valence-corrected chi connectivity index (χ2v) is 5.78. The molecule has 3 heteroatoms. The Morgan fingerprint density at radius 2 is 1.81 bits per heavy atom. The van der Waals surface area contributed by atoms with Gasteiger partial charge in [-0.1, -0.05) is 37.6 Å². The number of hydrogen-bond donors (Lipinski definition) is 0. The summed E-state index contributed by atoms with van der Waals surface area (Å²) in [6, 6.07) is 8.20. The SMILES string of the molecule is CCOC(=O)C1(Cc2ccc(CC)cc2)CCCCC1=O. The van der Waals surface area contributed by atoms with E-state index >= 15 is 0 Å². The normalized spacial score (nSPS) is 22.1. The minimum absolute atomic E-state index is 0.0479. The molecular weight excluding hydrogens is 264 g/mol. The van der Waals surface area contributed by atoms with Crippen molar-refractivity contribution < 1.29 is 14.3 Å². The number of aryl methyl sites for hydroxylation is 1. The summed E-state index contributed by atoms with van der Waals surface area (Å²) in [4.78, 5) is 24.9. The second kappa shape index (κ2) is 6.88. The van der Waals surface area contributed by atoms with Crippen molar-refractivity contribution in [1.82, 2.24) is 0 Å². The van der Waals surface area contributed by atoms with E-state index in [-0.39, 0.29) is 11.8 Å². The average Bonchev–Trinajstić information content (AvgIpc) is 2.50. The molecular formula is C18H24O3. The van der Waals surface area contributed by atoms with Crippen molar-refractivity contribution in [1.29, 1.82) is 0 Å². The summed E-state index contributed by atoms with van der Waals surface area (Å²) in [5, 5.41) is 0. The van der Waals surface area contributed by atoms with E-state index in [0.717, 1.165) is 24.8 Å². The molecule has 0 aromatic heterocycles. The molecule has 3 nitrogen and oxygen atoms in total. The monoisotopic (exact) mass is 288 g/mol. The third kappa shape index (κ3) is 3.34. The lowest BCUT2D eigenvalue weighted by Crippen LogP contribution is -2.44. The highest BCUT2D eigenvalue weighted by Gasteiger charge is 2.47. The molecule has 0 saturated heterocycles. The van der Waals surface area contributed by atoms with Crippen LogP contribution >= 0.6 is 0 Å². The fourth-order valence-corrected chi connectivity index (χ4v) is 3.08. The van der Waals surface area contributed by atoms with Gasteiger partial charge in [-0.15, -0.1) is 0 Å². The van der Waals surface area contributed by atoms with Gasteiger partial charge in [0.15, 0.2) is 5.78 Å². The van der Waals surface area contributed by atoms with E-state index in [4.69, 9.17) is 4.74 Å². The lowest BCUT2D eigenvalue weighted by Gasteiger charge is -2.33. The van der Waals surface area contributed by atoms with Crippen LogP contribution in [0.3, 0.4) is 0 Å². The van der Waals surface area contributed by atoms with E-state index in [0.29, 0.717) is 25.9 Å². The Balaban J connectivity index is 2.26. The highest BCUT2D eigenvalue weighted by atomic mass is 16.5. The number of ketones is 1. The van der Waals surface area contributed by atoms with Crippen LogP contribution in [0.4, 0.5) is 0 Å². The van der Waals surface area contributed by atoms with Gasteiger partial charge in [0.1, 0.15) is 5.41 Å². The summed E-state index contributed by atoms with van der Waals surface area (Å²) in [6.07, 6.45) is 4.36. The van der Waals surface area contributed by atoms with Gasteiger partial charge in [-0.2, -0.15) is 0 Å². The summed E-state index contributed by atoms with van der Waals surface area (Å²) in [5.74, 6) is -0.291. The molecule has 1 unspecified atom stereocenters. The molecule has 0 heterocycles. The maximum Gasteiger partial charge on any atom is 0.319 e. The maximum atomic E-state index is 12.5. The molecule has 1 aliphatic rings. The smallest absolute Gasteiger partial charge is 0.319 e. The van der Waals surface area contributed by atoms with Crippen molar-refractivity contribution in [2.24, 2.45) is 5.41 Å². The molecule has 114 valence electrons. The van der Waals surface area contributed by atoms with Crippen LogP contribution in [0.2, 0.25) is 0 Å². The number of Topliss-reactive ketones (excluding diaryl/α,β-unsaturated/α-hetero) is 1. The Bertz CT molecular complexity index is 504. The molecule has 0 amide bonds. The molecule has 0 N–H and O–H groups in total. The van der Waals surface area contributed by atoms with E-state index in [1.54, 1.807) is 6.92 Å². The van der Waals surface area contributed by atoms with Crippen molar-refractivity contribution in [2.75, 3.05) is 6.61 Å². The fraction of sp³-hybridized carbons (Fsp3) is 0.556. The largest absolute Gasteiger partial charge is 0.465 e. The Kier molecular flexibility index (Phi) is 5.16. The van der Waals surface area contributed by atoms with Gasteiger partial charge in [0, 0.05) is 6.42 Å². The minimum atomic E-state index is -0.956. The van der Waals surface area contributed by atoms with Gasteiger partial charge in [0.05, 0.1) is 6.61 Å². The van der Waals surface area contributed by atoms with Crippen molar-refractivity contribution in [2.45, 2.75) is 52.4 Å². The maximum absolute atomic E-state index is 12.5. The van der Waals surface area contributed by atoms with Gasteiger partial charge in [0.25, 0.3) is 0 Å². The van der Waals surface area contributed by atoms with Crippen molar-refractivity contribution >= 4 is 11.8 Å². The average molecular weight is 288 g/mol. The molecule has 0 aliphatic heterocycles. The summed E-state index contributed by atoms with van der Waals surface area (Å²) in [7, 11) is 0. The third-order valence-corrected chi connectivity index (χ3v) is 4.39. The van der Waals surface area contributed by atoms with Crippen LogP contribution in [-0.2, 0) is 27.2 Å². The molecule has 1 saturated carbocycles. The molecule has 1 aliphatic carbocycles. The summed E-state index contributed by atoms with van der Waals surface area (Å²) < 4.78 is 5.21. The molecule has 1 aromatic carbocycles. The first-order valence-electron chi connectivity index (χ1n) is 7.90. The zero-order chi connectivity index (χ0) is 15.3. The van der Waals surface area contributed by atoms with E-state index in [1.165, 1.54) is 5.56 Å². The van der Waals surface area contributed by atoms with E-state index in [2.05, 4.69) is 19.1 Å². The fourth-order valence-electron chi connectivity index (χ4n) is 3.08. The molecule has 21 heavy (non-hydrogen) atoms. The molecule has 0 radical (unpaired) electrons. The van der Waals surface area contributed by atoms with Crippen LogP contribution in [0.25, 0.3) is 0 Å². The first kappa shape index (κ1) is 15.7. The van der Waals surface area contributed by atoms with Gasteiger partial charge >= 0.3 is 5.97 Å². The first-order chi connectivity index (χ1) is 10.1. The second-order valence-electron chi connectivity index (χ2n) is 5.78. The predicted octanol–water partition coefficient (Wildman–Crippen LogP) is 3.48. The van der Waals surface area contributed by atoms with E-state index < -0.39 is 5.41 Å².